The van der Waals surface area contributed by atoms with Crippen LogP contribution in [0.15, 0.2) is 46.7 Å². The quantitative estimate of drug-likeness (QED) is 0.289. The molecule has 0 fully saturated rings. The predicted molar refractivity (Wildman–Crippen MR) is 113 cm³/mol. The Kier molecular flexibility index (Phi) is 6.43. The summed E-state index contributed by atoms with van der Waals surface area (Å²) in [5, 5.41) is 4.60. The van der Waals surface area contributed by atoms with Gasteiger partial charge in [0.2, 0.25) is 0 Å². The molecule has 2 aromatic heterocycles. The summed E-state index contributed by atoms with van der Waals surface area (Å²) < 4.78 is 16.0. The number of carbonyl (C=O) groups is 1. The van der Waals surface area contributed by atoms with E-state index in [4.69, 9.17) is 0 Å². The van der Waals surface area contributed by atoms with E-state index in [0.717, 1.165) is 28.3 Å². The van der Waals surface area contributed by atoms with Gasteiger partial charge in [-0.25, -0.2) is 19.8 Å². The van der Waals surface area contributed by atoms with E-state index in [0.29, 0.717) is 10.8 Å². The molecule has 8 heteroatoms. The second kappa shape index (κ2) is 9.00. The Hall–Kier alpha value is -3.00. The van der Waals surface area contributed by atoms with E-state index < -0.39 is 0 Å². The number of nitrogens with zero attached hydrogens (tertiary/aromatic N) is 4. The Balaban J connectivity index is 1.64. The number of hydrazone groups is 1. The smallest absolute Gasteiger partial charge is 0.250 e. The highest BCUT2D eigenvalue weighted by Crippen LogP contribution is 2.21. The van der Waals surface area contributed by atoms with Crippen molar-refractivity contribution in [3.05, 3.63) is 70.6 Å². The summed E-state index contributed by atoms with van der Waals surface area (Å²) in [6.45, 7) is 7.56. The number of thioether (sulfide) groups is 1. The number of carbonyl (C=O) groups excluding carboxylic acids is 1. The van der Waals surface area contributed by atoms with E-state index in [1.807, 2.05) is 44.4 Å². The molecule has 6 nitrogen and oxygen atoms in total. The summed E-state index contributed by atoms with van der Waals surface area (Å²) in [6, 6.07) is 10.4. The van der Waals surface area contributed by atoms with Crippen LogP contribution in [0.4, 0.5) is 4.39 Å². The third kappa shape index (κ3) is 5.08. The average molecular weight is 412 g/mol. The van der Waals surface area contributed by atoms with Gasteiger partial charge in [-0.15, -0.1) is 0 Å². The van der Waals surface area contributed by atoms with Gasteiger partial charge in [-0.2, -0.15) is 5.10 Å². The molecule has 1 N–H and O–H groups in total. The van der Waals surface area contributed by atoms with Crippen molar-refractivity contribution in [3.63, 3.8) is 0 Å². The fraction of sp³-hybridized carbons (Fsp3) is 0.238. The summed E-state index contributed by atoms with van der Waals surface area (Å²) in [5.74, 6) is -0.386. The van der Waals surface area contributed by atoms with Gasteiger partial charge in [0, 0.05) is 28.3 Å². The lowest BCUT2D eigenvalue weighted by atomic mass is 10.2. The summed E-state index contributed by atoms with van der Waals surface area (Å²) >= 11 is 1.26. The zero-order valence-corrected chi connectivity index (χ0v) is 17.5. The molecule has 1 amide bonds. The first kappa shape index (κ1) is 20.7. The standard InChI is InChI=1S/C21H22FN5OS/c1-13-9-14(2)25-21(24-13)29-12-20(28)26-23-11-17-10-15(3)27(16(17)4)19-8-6-5-7-18(19)22/h5-11H,12H2,1-4H3,(H,26,28)/b23-11-. The summed E-state index contributed by atoms with van der Waals surface area (Å²) in [7, 11) is 0. The predicted octanol–water partition coefficient (Wildman–Crippen LogP) is 3.88. The third-order valence-electron chi connectivity index (χ3n) is 4.25. The molecule has 0 saturated heterocycles. The van der Waals surface area contributed by atoms with E-state index in [1.54, 1.807) is 24.4 Å². The Bertz CT molecular complexity index is 1060. The molecule has 0 radical (unpaired) electrons. The summed E-state index contributed by atoms with van der Waals surface area (Å²) in [4.78, 5) is 20.6. The van der Waals surface area contributed by atoms with Gasteiger partial charge in [-0.3, -0.25) is 4.79 Å². The highest BCUT2D eigenvalue weighted by atomic mass is 32.2. The van der Waals surface area contributed by atoms with Crippen LogP contribution in [0.1, 0.15) is 28.3 Å². The Morgan fingerprint density at radius 1 is 1.17 bits per heavy atom. The molecule has 0 atom stereocenters. The highest BCUT2D eigenvalue weighted by molar-refractivity contribution is 7.99. The maximum absolute atomic E-state index is 14.2. The molecule has 0 bridgehead atoms. The number of benzene rings is 1. The molecule has 0 aliphatic rings. The van der Waals surface area contributed by atoms with Crippen LogP contribution in [0.2, 0.25) is 0 Å². The molecule has 2 heterocycles. The van der Waals surface area contributed by atoms with Crippen LogP contribution < -0.4 is 5.43 Å². The second-order valence-corrected chi connectivity index (χ2v) is 7.57. The number of aromatic nitrogens is 3. The largest absolute Gasteiger partial charge is 0.315 e. The summed E-state index contributed by atoms with van der Waals surface area (Å²) in [5.41, 5.74) is 7.24. The topological polar surface area (TPSA) is 72.2 Å². The molecule has 0 spiro atoms. The fourth-order valence-corrected chi connectivity index (χ4v) is 3.76. The first-order valence-corrected chi connectivity index (χ1v) is 10.0. The minimum Gasteiger partial charge on any atom is -0.315 e. The number of rotatable bonds is 6. The van der Waals surface area contributed by atoms with Crippen molar-refractivity contribution in [3.8, 4) is 5.69 Å². The van der Waals surface area contributed by atoms with Crippen LogP contribution in [-0.4, -0.2) is 32.4 Å². The number of aryl methyl sites for hydroxylation is 3. The molecule has 1 aromatic carbocycles. The first-order valence-electron chi connectivity index (χ1n) is 9.06. The number of para-hydroxylation sites is 1. The average Bonchev–Trinajstić information content (AvgIpc) is 2.93. The number of amides is 1. The minimum absolute atomic E-state index is 0.161. The van der Waals surface area contributed by atoms with Crippen molar-refractivity contribution in [2.24, 2.45) is 5.10 Å². The van der Waals surface area contributed by atoms with E-state index in [1.165, 1.54) is 17.8 Å². The van der Waals surface area contributed by atoms with Crippen LogP contribution >= 0.6 is 11.8 Å². The van der Waals surface area contributed by atoms with Crippen molar-refractivity contribution in [2.45, 2.75) is 32.9 Å². The van der Waals surface area contributed by atoms with E-state index in [-0.39, 0.29) is 17.5 Å². The summed E-state index contributed by atoms with van der Waals surface area (Å²) in [6.07, 6.45) is 1.57. The van der Waals surface area contributed by atoms with Crippen LogP contribution in [0.25, 0.3) is 5.69 Å². The van der Waals surface area contributed by atoms with Crippen LogP contribution in [0.5, 0.6) is 0 Å². The molecular formula is C21H22FN5OS. The SMILES string of the molecule is Cc1cc(C)nc(SCC(=O)N/N=C\c2cc(C)n(-c3ccccc3F)c2C)n1. The van der Waals surface area contributed by atoms with Crippen LogP contribution in [-0.2, 0) is 4.79 Å². The molecule has 3 rings (SSSR count). The maximum atomic E-state index is 14.2. The van der Waals surface area contributed by atoms with Crippen molar-refractivity contribution < 1.29 is 9.18 Å². The van der Waals surface area contributed by atoms with Crippen molar-refractivity contribution in [1.29, 1.82) is 0 Å². The lowest BCUT2D eigenvalue weighted by Crippen LogP contribution is -2.19. The Morgan fingerprint density at radius 2 is 1.86 bits per heavy atom. The number of hydrogen-bond acceptors (Lipinski definition) is 5. The van der Waals surface area contributed by atoms with Gasteiger partial charge in [0.25, 0.3) is 5.91 Å². The molecule has 0 aliphatic heterocycles. The normalized spacial score (nSPS) is 11.2. The van der Waals surface area contributed by atoms with Gasteiger partial charge in [0.05, 0.1) is 17.7 Å². The minimum atomic E-state index is -0.295. The van der Waals surface area contributed by atoms with Gasteiger partial charge in [-0.1, -0.05) is 23.9 Å². The lowest BCUT2D eigenvalue weighted by molar-refractivity contribution is -0.118. The Morgan fingerprint density at radius 3 is 2.55 bits per heavy atom. The van der Waals surface area contributed by atoms with Crippen molar-refractivity contribution in [2.75, 3.05) is 5.75 Å². The third-order valence-corrected chi connectivity index (χ3v) is 5.10. The number of halogens is 1. The Labute approximate surface area is 173 Å². The number of hydrogen-bond donors (Lipinski definition) is 1. The highest BCUT2D eigenvalue weighted by Gasteiger charge is 2.12. The van der Waals surface area contributed by atoms with E-state index >= 15 is 0 Å². The van der Waals surface area contributed by atoms with E-state index in [2.05, 4.69) is 20.5 Å². The molecule has 29 heavy (non-hydrogen) atoms. The van der Waals surface area contributed by atoms with Gasteiger partial charge >= 0.3 is 0 Å². The van der Waals surface area contributed by atoms with E-state index in [9.17, 15) is 9.18 Å². The lowest BCUT2D eigenvalue weighted by Gasteiger charge is -2.10. The number of nitrogens with one attached hydrogen (secondary N) is 1. The maximum Gasteiger partial charge on any atom is 0.250 e. The van der Waals surface area contributed by atoms with Crippen LogP contribution in [0, 0.1) is 33.5 Å². The van der Waals surface area contributed by atoms with Crippen molar-refractivity contribution in [1.82, 2.24) is 20.0 Å². The second-order valence-electron chi connectivity index (χ2n) is 6.63. The van der Waals surface area contributed by atoms with Crippen LogP contribution in [0.3, 0.4) is 0 Å². The molecular weight excluding hydrogens is 389 g/mol. The van der Waals surface area contributed by atoms with Gasteiger partial charge in [-0.05, 0) is 52.0 Å². The first-order chi connectivity index (χ1) is 13.8. The molecule has 0 saturated carbocycles. The molecule has 0 aliphatic carbocycles. The monoisotopic (exact) mass is 411 g/mol. The van der Waals surface area contributed by atoms with Gasteiger partial charge < -0.3 is 4.57 Å². The van der Waals surface area contributed by atoms with Gasteiger partial charge in [0.15, 0.2) is 5.16 Å². The fourth-order valence-electron chi connectivity index (χ4n) is 3.02. The van der Waals surface area contributed by atoms with Crippen molar-refractivity contribution >= 4 is 23.9 Å². The molecule has 150 valence electrons. The molecule has 0 unspecified atom stereocenters. The molecule has 3 aromatic rings. The zero-order valence-electron chi connectivity index (χ0n) is 16.7. The zero-order chi connectivity index (χ0) is 21.0. The van der Waals surface area contributed by atoms with Gasteiger partial charge in [0.1, 0.15) is 5.82 Å².